The number of hydrogen-bond donors (Lipinski definition) is 3. The number of phenols is 1. The molecule has 6 nitrogen and oxygen atoms in total. The highest BCUT2D eigenvalue weighted by atomic mass is 32.2. The molecule has 3 N–H and O–H groups in total. The van der Waals surface area contributed by atoms with E-state index in [0.29, 0.717) is 10.5 Å². The van der Waals surface area contributed by atoms with Crippen molar-refractivity contribution in [3.05, 3.63) is 64.3 Å². The maximum Gasteiger partial charge on any atom is 0.339 e. The van der Waals surface area contributed by atoms with Crippen molar-refractivity contribution >= 4 is 40.6 Å². The highest BCUT2D eigenvalue weighted by Gasteiger charge is 2.24. The lowest BCUT2D eigenvalue weighted by Crippen LogP contribution is -2.19. The summed E-state index contributed by atoms with van der Waals surface area (Å²) in [7, 11) is 0. The molecule has 0 unspecified atom stereocenters. The summed E-state index contributed by atoms with van der Waals surface area (Å²) in [6.07, 6.45) is 1.53. The third-order valence-electron chi connectivity index (χ3n) is 3.24. The van der Waals surface area contributed by atoms with Crippen molar-refractivity contribution in [1.82, 2.24) is 5.32 Å². The van der Waals surface area contributed by atoms with Crippen LogP contribution < -0.4 is 5.32 Å². The number of rotatable bonds is 3. The average molecular weight is 358 g/mol. The van der Waals surface area contributed by atoms with Crippen LogP contribution in [0.2, 0.25) is 0 Å². The van der Waals surface area contributed by atoms with Gasteiger partial charge in [0, 0.05) is 0 Å². The number of carboxylic acid groups (broad SMARTS) is 1. The van der Waals surface area contributed by atoms with Crippen LogP contribution in [0.15, 0.2) is 52.4 Å². The molecule has 0 spiro atoms. The Balaban J connectivity index is 1.86. The van der Waals surface area contributed by atoms with E-state index in [1.165, 1.54) is 42.5 Å². The lowest BCUT2D eigenvalue weighted by atomic mass is 10.2. The smallest absolute Gasteiger partial charge is 0.339 e. The zero-order valence-electron chi connectivity index (χ0n) is 12.6. The zero-order valence-corrected chi connectivity index (χ0v) is 13.4. The standard InChI is InChI=1S/C17H11FN2O4S/c18-10-3-1-2-9(6-10)7-14-15(22)20-17(25-14)19-11-4-5-13(21)12(8-11)16(23)24/h1-8,21H,(H,23,24)(H,19,20,22)/b14-7-. The van der Waals surface area contributed by atoms with E-state index in [4.69, 9.17) is 5.11 Å². The van der Waals surface area contributed by atoms with Crippen LogP contribution in [0, 0.1) is 5.82 Å². The second-order valence-electron chi connectivity index (χ2n) is 5.04. The maximum absolute atomic E-state index is 13.2. The van der Waals surface area contributed by atoms with Crippen LogP contribution in [-0.4, -0.2) is 27.3 Å². The molecule has 3 rings (SSSR count). The molecule has 0 aliphatic carbocycles. The van der Waals surface area contributed by atoms with Crippen LogP contribution in [-0.2, 0) is 4.79 Å². The quantitative estimate of drug-likeness (QED) is 0.732. The molecule has 0 radical (unpaired) electrons. The van der Waals surface area contributed by atoms with Crippen molar-refractivity contribution in [2.45, 2.75) is 0 Å². The topological polar surface area (TPSA) is 99.0 Å². The SMILES string of the molecule is O=C1NC(=Nc2ccc(O)c(C(=O)O)c2)S/C1=C\c1cccc(F)c1. The van der Waals surface area contributed by atoms with Crippen molar-refractivity contribution in [2.24, 2.45) is 4.99 Å². The van der Waals surface area contributed by atoms with E-state index in [2.05, 4.69) is 10.3 Å². The van der Waals surface area contributed by atoms with Crippen molar-refractivity contribution in [3.8, 4) is 5.75 Å². The summed E-state index contributed by atoms with van der Waals surface area (Å²) >= 11 is 1.05. The van der Waals surface area contributed by atoms with E-state index >= 15 is 0 Å². The van der Waals surface area contributed by atoms with Gasteiger partial charge < -0.3 is 15.5 Å². The van der Waals surface area contributed by atoms with E-state index in [0.717, 1.165) is 11.8 Å². The van der Waals surface area contributed by atoms with Gasteiger partial charge in [-0.3, -0.25) is 4.79 Å². The van der Waals surface area contributed by atoms with E-state index in [9.17, 15) is 19.1 Å². The molecular formula is C17H11FN2O4S. The Bertz CT molecular complexity index is 940. The van der Waals surface area contributed by atoms with Gasteiger partial charge in [0.2, 0.25) is 0 Å². The van der Waals surface area contributed by atoms with Crippen LogP contribution in [0.3, 0.4) is 0 Å². The Hall–Kier alpha value is -3.13. The molecule has 1 aliphatic heterocycles. The Labute approximate surface area is 145 Å². The molecule has 0 saturated carbocycles. The molecule has 8 heteroatoms. The number of nitrogens with one attached hydrogen (secondary N) is 1. The van der Waals surface area contributed by atoms with Gasteiger partial charge in [0.1, 0.15) is 17.1 Å². The number of amidine groups is 1. The number of thioether (sulfide) groups is 1. The molecule has 1 heterocycles. The molecule has 1 fully saturated rings. The normalized spacial score (nSPS) is 17.1. The monoisotopic (exact) mass is 358 g/mol. The van der Waals surface area contributed by atoms with Crippen molar-refractivity contribution < 1.29 is 24.2 Å². The van der Waals surface area contributed by atoms with E-state index in [1.807, 2.05) is 0 Å². The summed E-state index contributed by atoms with van der Waals surface area (Å²) in [5, 5.41) is 21.3. The first-order valence-electron chi connectivity index (χ1n) is 7.04. The van der Waals surface area contributed by atoms with E-state index in [-0.39, 0.29) is 28.1 Å². The van der Waals surface area contributed by atoms with Gasteiger partial charge in [-0.15, -0.1) is 0 Å². The summed E-state index contributed by atoms with van der Waals surface area (Å²) in [4.78, 5) is 27.5. The van der Waals surface area contributed by atoms with Gasteiger partial charge in [0.05, 0.1) is 10.6 Å². The first-order valence-corrected chi connectivity index (χ1v) is 7.85. The molecule has 0 aromatic heterocycles. The highest BCUT2D eigenvalue weighted by Crippen LogP contribution is 2.29. The fourth-order valence-electron chi connectivity index (χ4n) is 2.11. The summed E-state index contributed by atoms with van der Waals surface area (Å²) in [6, 6.07) is 9.65. The number of carboxylic acids is 1. The lowest BCUT2D eigenvalue weighted by Gasteiger charge is -2.01. The first kappa shape index (κ1) is 16.7. The average Bonchev–Trinajstić information content (AvgIpc) is 2.88. The van der Waals surface area contributed by atoms with Crippen molar-refractivity contribution in [3.63, 3.8) is 0 Å². The molecule has 0 bridgehead atoms. The summed E-state index contributed by atoms with van der Waals surface area (Å²) in [5.74, 6) is -2.44. The fourth-order valence-corrected chi connectivity index (χ4v) is 2.95. The summed E-state index contributed by atoms with van der Waals surface area (Å²) in [6.45, 7) is 0. The maximum atomic E-state index is 13.2. The van der Waals surface area contributed by atoms with Gasteiger partial charge in [-0.25, -0.2) is 14.2 Å². The predicted molar refractivity (Wildman–Crippen MR) is 92.3 cm³/mol. The largest absolute Gasteiger partial charge is 0.507 e. The summed E-state index contributed by atoms with van der Waals surface area (Å²) < 4.78 is 13.2. The molecular weight excluding hydrogens is 347 g/mol. The highest BCUT2D eigenvalue weighted by molar-refractivity contribution is 8.18. The third kappa shape index (κ3) is 3.86. The van der Waals surface area contributed by atoms with Gasteiger partial charge in [-0.1, -0.05) is 12.1 Å². The van der Waals surface area contributed by atoms with Crippen LogP contribution >= 0.6 is 11.8 Å². The van der Waals surface area contributed by atoms with Gasteiger partial charge >= 0.3 is 5.97 Å². The Kier molecular flexibility index (Phi) is 4.53. The van der Waals surface area contributed by atoms with Gasteiger partial charge in [0.15, 0.2) is 5.17 Å². The van der Waals surface area contributed by atoms with Gasteiger partial charge in [-0.05, 0) is 53.7 Å². The van der Waals surface area contributed by atoms with Crippen LogP contribution in [0.4, 0.5) is 10.1 Å². The van der Waals surface area contributed by atoms with Crippen LogP contribution in [0.5, 0.6) is 5.75 Å². The Morgan fingerprint density at radius 3 is 2.76 bits per heavy atom. The molecule has 0 atom stereocenters. The molecule has 1 saturated heterocycles. The number of aromatic hydroxyl groups is 1. The number of nitrogens with zero attached hydrogens (tertiary/aromatic N) is 1. The predicted octanol–water partition coefficient (Wildman–Crippen LogP) is 3.12. The third-order valence-corrected chi connectivity index (χ3v) is 4.15. The zero-order chi connectivity index (χ0) is 18.0. The van der Waals surface area contributed by atoms with Crippen molar-refractivity contribution in [1.29, 1.82) is 0 Å². The number of halogens is 1. The minimum Gasteiger partial charge on any atom is -0.507 e. The molecule has 2 aromatic carbocycles. The first-order chi connectivity index (χ1) is 11.9. The van der Waals surface area contributed by atoms with E-state index in [1.54, 1.807) is 6.07 Å². The molecule has 2 aromatic rings. The second-order valence-corrected chi connectivity index (χ2v) is 6.07. The van der Waals surface area contributed by atoms with Gasteiger partial charge in [0.25, 0.3) is 5.91 Å². The summed E-state index contributed by atoms with van der Waals surface area (Å²) in [5.41, 5.74) is 0.522. The molecule has 1 amide bonds. The molecule has 25 heavy (non-hydrogen) atoms. The fraction of sp³-hybridized carbons (Fsp3) is 0. The number of carbonyl (C=O) groups excluding carboxylic acids is 1. The number of hydrogen-bond acceptors (Lipinski definition) is 5. The second kappa shape index (κ2) is 6.78. The minimum atomic E-state index is -1.28. The van der Waals surface area contributed by atoms with Crippen LogP contribution in [0.25, 0.3) is 6.08 Å². The molecule has 1 aliphatic rings. The molecule has 126 valence electrons. The number of carbonyl (C=O) groups is 2. The number of aliphatic imine (C=N–C) groups is 1. The number of benzene rings is 2. The lowest BCUT2D eigenvalue weighted by molar-refractivity contribution is -0.115. The van der Waals surface area contributed by atoms with Crippen molar-refractivity contribution in [2.75, 3.05) is 0 Å². The van der Waals surface area contributed by atoms with Crippen LogP contribution in [0.1, 0.15) is 15.9 Å². The minimum absolute atomic E-state index is 0.259. The van der Waals surface area contributed by atoms with E-state index < -0.39 is 11.8 Å². The number of aromatic carboxylic acids is 1. The number of amides is 1. The Morgan fingerprint density at radius 2 is 2.04 bits per heavy atom. The van der Waals surface area contributed by atoms with Gasteiger partial charge in [-0.2, -0.15) is 0 Å². The Morgan fingerprint density at radius 1 is 1.24 bits per heavy atom.